The third-order valence-corrected chi connectivity index (χ3v) is 6.90. The number of alkyl carbamates (subject to hydrolysis) is 1. The Morgan fingerprint density at radius 3 is 2.03 bits per heavy atom. The number of hydrogen-bond acceptors (Lipinski definition) is 4. The van der Waals surface area contributed by atoms with Crippen LogP contribution in [0, 0.1) is 11.3 Å². The molecule has 0 fully saturated rings. The van der Waals surface area contributed by atoms with E-state index in [1.165, 1.54) is 4.90 Å². The monoisotopic (exact) mass is 528 g/mol. The molecule has 3 aromatic carbocycles. The zero-order valence-electron chi connectivity index (χ0n) is 22.7. The van der Waals surface area contributed by atoms with Crippen molar-refractivity contribution in [3.8, 4) is 11.1 Å². The predicted octanol–water partition coefficient (Wildman–Crippen LogP) is 5.69. The van der Waals surface area contributed by atoms with E-state index in [1.54, 1.807) is 0 Å². The molecule has 7 heteroatoms. The van der Waals surface area contributed by atoms with Crippen molar-refractivity contribution < 1.29 is 24.2 Å². The van der Waals surface area contributed by atoms with Gasteiger partial charge in [-0.05, 0) is 39.7 Å². The second kappa shape index (κ2) is 12.2. The SMILES string of the molecule is CC(C)(C)CC(CNC(=O)OCC1c2ccccc2-c2ccccc21)C(=O)N(CC(=O)O)Cc1ccccc1. The van der Waals surface area contributed by atoms with Gasteiger partial charge in [-0.1, -0.05) is 99.6 Å². The number of carboxylic acid groups (broad SMARTS) is 1. The summed E-state index contributed by atoms with van der Waals surface area (Å²) in [6.45, 7) is 6.03. The molecule has 7 nitrogen and oxygen atoms in total. The molecule has 0 spiro atoms. The molecule has 0 radical (unpaired) electrons. The molecule has 0 saturated heterocycles. The maximum absolute atomic E-state index is 13.6. The molecule has 4 rings (SSSR count). The van der Waals surface area contributed by atoms with E-state index in [-0.39, 0.29) is 36.9 Å². The maximum Gasteiger partial charge on any atom is 0.407 e. The summed E-state index contributed by atoms with van der Waals surface area (Å²) >= 11 is 0. The molecule has 0 saturated carbocycles. The summed E-state index contributed by atoms with van der Waals surface area (Å²) in [5.41, 5.74) is 5.16. The lowest BCUT2D eigenvalue weighted by molar-refractivity contribution is -0.147. The van der Waals surface area contributed by atoms with Crippen LogP contribution in [0.2, 0.25) is 0 Å². The minimum atomic E-state index is -1.08. The number of fused-ring (bicyclic) bond motifs is 3. The highest BCUT2D eigenvalue weighted by atomic mass is 16.5. The first-order valence-corrected chi connectivity index (χ1v) is 13.3. The van der Waals surface area contributed by atoms with E-state index in [2.05, 4.69) is 29.6 Å². The molecular formula is C32H36N2O5. The van der Waals surface area contributed by atoms with Crippen molar-refractivity contribution in [2.24, 2.45) is 11.3 Å². The fourth-order valence-corrected chi connectivity index (χ4v) is 5.28. The van der Waals surface area contributed by atoms with E-state index in [1.807, 2.05) is 75.4 Å². The first-order valence-electron chi connectivity index (χ1n) is 13.3. The Balaban J connectivity index is 1.42. The first kappa shape index (κ1) is 27.9. The summed E-state index contributed by atoms with van der Waals surface area (Å²) in [5.74, 6) is -2.06. The van der Waals surface area contributed by atoms with Crippen molar-refractivity contribution in [2.75, 3.05) is 19.7 Å². The number of nitrogens with one attached hydrogen (secondary N) is 1. The van der Waals surface area contributed by atoms with Gasteiger partial charge < -0.3 is 20.1 Å². The van der Waals surface area contributed by atoms with Gasteiger partial charge in [-0.2, -0.15) is 0 Å². The predicted molar refractivity (Wildman–Crippen MR) is 150 cm³/mol. The Hall–Kier alpha value is -4.13. The molecule has 3 aromatic rings. The summed E-state index contributed by atoms with van der Waals surface area (Å²) < 4.78 is 5.65. The lowest BCUT2D eigenvalue weighted by Crippen LogP contribution is -2.44. The van der Waals surface area contributed by atoms with Gasteiger partial charge in [0.1, 0.15) is 13.2 Å². The fourth-order valence-electron chi connectivity index (χ4n) is 5.28. The number of carbonyl (C=O) groups is 3. The molecule has 1 unspecified atom stereocenters. The lowest BCUT2D eigenvalue weighted by atomic mass is 9.84. The van der Waals surface area contributed by atoms with Gasteiger partial charge in [0.2, 0.25) is 5.91 Å². The zero-order chi connectivity index (χ0) is 28.0. The Morgan fingerprint density at radius 1 is 0.897 bits per heavy atom. The third kappa shape index (κ3) is 7.25. The fraction of sp³-hybridized carbons (Fsp3) is 0.344. The van der Waals surface area contributed by atoms with Crippen LogP contribution in [-0.4, -0.2) is 47.7 Å². The van der Waals surface area contributed by atoms with Gasteiger partial charge in [-0.3, -0.25) is 9.59 Å². The van der Waals surface area contributed by atoms with Crippen LogP contribution in [-0.2, 0) is 20.9 Å². The summed E-state index contributed by atoms with van der Waals surface area (Å²) in [4.78, 5) is 39.3. The lowest BCUT2D eigenvalue weighted by Gasteiger charge is -2.30. The largest absolute Gasteiger partial charge is 0.480 e. The van der Waals surface area contributed by atoms with Crippen molar-refractivity contribution >= 4 is 18.0 Å². The quantitative estimate of drug-likeness (QED) is 0.352. The van der Waals surface area contributed by atoms with Gasteiger partial charge in [-0.25, -0.2) is 4.79 Å². The topological polar surface area (TPSA) is 95.9 Å². The summed E-state index contributed by atoms with van der Waals surface area (Å²) in [6, 6.07) is 25.5. The van der Waals surface area contributed by atoms with Crippen molar-refractivity contribution in [1.29, 1.82) is 0 Å². The Labute approximate surface area is 229 Å². The van der Waals surface area contributed by atoms with Crippen LogP contribution >= 0.6 is 0 Å². The minimum Gasteiger partial charge on any atom is -0.480 e. The van der Waals surface area contributed by atoms with Crippen molar-refractivity contribution in [1.82, 2.24) is 10.2 Å². The Bertz CT molecular complexity index is 1270. The highest BCUT2D eigenvalue weighted by Crippen LogP contribution is 2.44. The van der Waals surface area contributed by atoms with Gasteiger partial charge in [0.25, 0.3) is 0 Å². The Morgan fingerprint density at radius 2 is 1.46 bits per heavy atom. The van der Waals surface area contributed by atoms with Crippen LogP contribution in [0.3, 0.4) is 0 Å². The van der Waals surface area contributed by atoms with E-state index >= 15 is 0 Å². The van der Waals surface area contributed by atoms with Crippen LogP contribution in [0.15, 0.2) is 78.9 Å². The van der Waals surface area contributed by atoms with Gasteiger partial charge in [0.15, 0.2) is 0 Å². The van der Waals surface area contributed by atoms with Crippen LogP contribution in [0.1, 0.15) is 49.8 Å². The molecule has 0 aromatic heterocycles. The number of carbonyl (C=O) groups excluding carboxylic acids is 2. The van der Waals surface area contributed by atoms with Crippen LogP contribution in [0.25, 0.3) is 11.1 Å². The molecule has 0 heterocycles. The van der Waals surface area contributed by atoms with Gasteiger partial charge in [0.05, 0.1) is 5.92 Å². The normalized spacial score (nSPS) is 13.2. The van der Waals surface area contributed by atoms with Crippen molar-refractivity contribution in [3.05, 3.63) is 95.6 Å². The summed E-state index contributed by atoms with van der Waals surface area (Å²) in [6.07, 6.45) is -0.128. The number of aliphatic carboxylic acids is 1. The number of benzene rings is 3. The molecule has 1 aliphatic carbocycles. The van der Waals surface area contributed by atoms with E-state index in [0.717, 1.165) is 27.8 Å². The molecular weight excluding hydrogens is 492 g/mol. The highest BCUT2D eigenvalue weighted by molar-refractivity contribution is 5.84. The second-order valence-electron chi connectivity index (χ2n) is 11.2. The van der Waals surface area contributed by atoms with Crippen LogP contribution in [0.5, 0.6) is 0 Å². The standard InChI is InChI=1S/C32H36N2O5/c1-32(2,3)17-23(30(37)34(20-29(35)36)19-22-11-5-4-6-12-22)18-33-31(38)39-21-28-26-15-9-7-13-24(26)25-14-8-10-16-27(25)28/h4-16,23,28H,17-21H2,1-3H3,(H,33,38)(H,35,36). The van der Waals surface area contributed by atoms with E-state index in [9.17, 15) is 19.5 Å². The zero-order valence-corrected chi connectivity index (χ0v) is 22.7. The van der Waals surface area contributed by atoms with Crippen LogP contribution in [0.4, 0.5) is 4.79 Å². The molecule has 2 N–H and O–H groups in total. The maximum atomic E-state index is 13.6. The summed E-state index contributed by atoms with van der Waals surface area (Å²) in [7, 11) is 0. The Kier molecular flexibility index (Phi) is 8.69. The third-order valence-electron chi connectivity index (χ3n) is 6.90. The first-order chi connectivity index (χ1) is 18.6. The average molecular weight is 529 g/mol. The van der Waals surface area contributed by atoms with Crippen molar-refractivity contribution in [3.63, 3.8) is 0 Å². The molecule has 1 atom stereocenters. The average Bonchev–Trinajstić information content (AvgIpc) is 3.22. The van der Waals surface area contributed by atoms with Gasteiger partial charge in [-0.15, -0.1) is 0 Å². The summed E-state index contributed by atoms with van der Waals surface area (Å²) in [5, 5.41) is 12.2. The number of amides is 2. The smallest absolute Gasteiger partial charge is 0.407 e. The van der Waals surface area contributed by atoms with Gasteiger partial charge >= 0.3 is 12.1 Å². The van der Waals surface area contributed by atoms with Gasteiger partial charge in [0, 0.05) is 19.0 Å². The second-order valence-corrected chi connectivity index (χ2v) is 11.2. The molecule has 1 aliphatic rings. The number of nitrogens with zero attached hydrogens (tertiary/aromatic N) is 1. The number of carboxylic acids is 1. The van der Waals surface area contributed by atoms with Crippen molar-refractivity contribution in [2.45, 2.75) is 39.7 Å². The van der Waals surface area contributed by atoms with Crippen LogP contribution < -0.4 is 5.32 Å². The van der Waals surface area contributed by atoms with E-state index in [4.69, 9.17) is 4.74 Å². The molecule has 39 heavy (non-hydrogen) atoms. The number of hydrogen-bond donors (Lipinski definition) is 2. The molecule has 2 amide bonds. The molecule has 0 bridgehead atoms. The van der Waals surface area contributed by atoms with E-state index < -0.39 is 24.5 Å². The number of rotatable bonds is 10. The minimum absolute atomic E-state index is 0.0533. The molecule has 204 valence electrons. The molecule has 0 aliphatic heterocycles. The number of ether oxygens (including phenoxy) is 1. The van der Waals surface area contributed by atoms with E-state index in [0.29, 0.717) is 6.42 Å². The highest BCUT2D eigenvalue weighted by Gasteiger charge is 2.32.